The number of fused-ring (bicyclic) bond motifs is 6. The van der Waals surface area contributed by atoms with E-state index in [9.17, 15) is 76.3 Å². The summed E-state index contributed by atoms with van der Waals surface area (Å²) in [7, 11) is 0. The van der Waals surface area contributed by atoms with E-state index >= 15 is 4.79 Å². The van der Waals surface area contributed by atoms with E-state index in [1.165, 1.54) is 0 Å². The number of rotatable bonds is 12. The molecule has 4 saturated heterocycles. The minimum atomic E-state index is -2.03. The molecule has 4 aliphatic heterocycles. The number of hydrogen-bond donors (Lipinski definition) is 14. The number of carbonyl (C=O) groups excluding carboxylic acids is 1. The van der Waals surface area contributed by atoms with Gasteiger partial charge in [0.2, 0.25) is 6.29 Å². The molecule has 4 heterocycles. The van der Waals surface area contributed by atoms with Gasteiger partial charge in [-0.2, -0.15) is 0 Å². The van der Waals surface area contributed by atoms with Gasteiger partial charge in [0.1, 0.15) is 91.6 Å². The molecule has 27 unspecified atom stereocenters. The topological polar surface area (TPSA) is 391 Å². The van der Waals surface area contributed by atoms with E-state index in [2.05, 4.69) is 46.8 Å². The lowest BCUT2D eigenvalue weighted by atomic mass is 9.35. The molecule has 27 atom stereocenters. The van der Waals surface area contributed by atoms with Gasteiger partial charge in [-0.1, -0.05) is 46.8 Å². The number of ether oxygens (including phenoxy) is 8. The summed E-state index contributed by atoms with van der Waals surface area (Å²) in [5.41, 5.74) is -2.78. The molecule has 438 valence electrons. The van der Waals surface area contributed by atoms with E-state index in [0.29, 0.717) is 57.8 Å². The van der Waals surface area contributed by atoms with Crippen LogP contribution in [0.15, 0.2) is 23.3 Å². The van der Waals surface area contributed by atoms with Crippen molar-refractivity contribution in [2.24, 2.45) is 44.3 Å². The largest absolute Gasteiger partial charge is 0.481 e. The second kappa shape index (κ2) is 21.4. The number of carbonyl (C=O) groups is 2. The van der Waals surface area contributed by atoms with Crippen LogP contribution in [-0.4, -0.2) is 233 Å². The lowest BCUT2D eigenvalue weighted by Gasteiger charge is -2.69. The fourth-order valence-electron chi connectivity index (χ4n) is 15.4. The van der Waals surface area contributed by atoms with E-state index in [-0.39, 0.29) is 17.9 Å². The van der Waals surface area contributed by atoms with Crippen LogP contribution in [0.3, 0.4) is 0 Å². The summed E-state index contributed by atoms with van der Waals surface area (Å²) in [5.74, 6) is -2.37. The molecule has 9 aliphatic rings. The minimum Gasteiger partial charge on any atom is -0.481 e. The monoisotopic (exact) mass is 1100 g/mol. The Bertz CT molecular complexity index is 2230. The number of hydrogen-bond acceptors (Lipinski definition) is 23. The van der Waals surface area contributed by atoms with Crippen LogP contribution in [0.2, 0.25) is 0 Å². The van der Waals surface area contributed by atoms with E-state index in [0.717, 1.165) is 11.1 Å². The highest BCUT2D eigenvalue weighted by Gasteiger charge is 2.70. The molecule has 5 aliphatic carbocycles. The highest BCUT2D eigenvalue weighted by molar-refractivity contribution is 5.82. The Balaban J connectivity index is 1.02. The van der Waals surface area contributed by atoms with Crippen molar-refractivity contribution in [3.05, 3.63) is 23.3 Å². The van der Waals surface area contributed by atoms with E-state index in [1.54, 1.807) is 6.92 Å². The Morgan fingerprint density at radius 3 is 1.86 bits per heavy atom. The zero-order valence-electron chi connectivity index (χ0n) is 44.4. The average Bonchev–Trinajstić information content (AvgIpc) is 3.45. The molecule has 0 spiro atoms. The molecule has 14 N–H and O–H groups in total. The molecule has 0 bridgehead atoms. The highest BCUT2D eigenvalue weighted by atomic mass is 16.8. The summed E-state index contributed by atoms with van der Waals surface area (Å²) < 4.78 is 46.9. The van der Waals surface area contributed by atoms with Crippen molar-refractivity contribution >= 4 is 11.9 Å². The Labute approximate surface area is 446 Å². The SMILES string of the molecule is CC1(C)CCC2(C(=O)OC3OC(COC4OC(CO)C(O)C(O)C4O)C(O)C(OC4OC(CO)C(O)C(O)C4O)C3O)CCC3(C)C(=C2C1)C=CC1C2(C)CCC(OC4OCC(O)C(O)C4O)C(C)(C(=O)O)C2CCC13C. The van der Waals surface area contributed by atoms with Gasteiger partial charge in [-0.05, 0) is 109 Å². The molecule has 77 heavy (non-hydrogen) atoms. The first-order valence-corrected chi connectivity index (χ1v) is 27.1. The van der Waals surface area contributed by atoms with Gasteiger partial charge in [-0.25, -0.2) is 0 Å². The van der Waals surface area contributed by atoms with Crippen molar-refractivity contribution in [1.82, 2.24) is 0 Å². The molecule has 0 amide bonds. The number of aliphatic hydroxyl groups is 13. The third-order valence-electron chi connectivity index (χ3n) is 20.5. The smallest absolute Gasteiger partial charge is 0.318 e. The fraction of sp³-hybridized carbons (Fsp3) is 0.887. The second-order valence-electron chi connectivity index (χ2n) is 25.3. The molecule has 24 nitrogen and oxygen atoms in total. The van der Waals surface area contributed by atoms with Gasteiger partial charge in [0.25, 0.3) is 0 Å². The summed E-state index contributed by atoms with van der Waals surface area (Å²) in [6, 6.07) is 0. The molecular formula is C53H82O24. The lowest BCUT2D eigenvalue weighted by molar-refractivity contribution is -0.363. The predicted molar refractivity (Wildman–Crippen MR) is 259 cm³/mol. The third-order valence-corrected chi connectivity index (χ3v) is 20.5. The Hall–Kier alpha value is -2.38. The van der Waals surface area contributed by atoms with Crippen molar-refractivity contribution in [1.29, 1.82) is 0 Å². The molecule has 24 heteroatoms. The fourth-order valence-corrected chi connectivity index (χ4v) is 15.4. The van der Waals surface area contributed by atoms with E-state index < -0.39 is 188 Å². The first kappa shape index (κ1) is 59.2. The number of carboxylic acids is 1. The molecular weight excluding hydrogens is 1020 g/mol. The number of allylic oxidation sites excluding steroid dienone is 3. The maximum absolute atomic E-state index is 15.4. The maximum atomic E-state index is 15.4. The highest BCUT2D eigenvalue weighted by Crippen LogP contribution is 2.74. The minimum absolute atomic E-state index is 0.146. The first-order chi connectivity index (χ1) is 36.0. The van der Waals surface area contributed by atoms with Crippen LogP contribution >= 0.6 is 0 Å². The van der Waals surface area contributed by atoms with Crippen molar-refractivity contribution in [3.63, 3.8) is 0 Å². The number of aliphatic hydroxyl groups excluding tert-OH is 13. The van der Waals surface area contributed by atoms with E-state index in [1.807, 2.05) is 0 Å². The standard InChI is InChI=1S/C53H82O24/c1-48(2)13-15-53(47(69)77-45-40(66)41(76-44-39(65)36(62)33(59)26(19-55)73-44)34(60)27(74-45)21-71-42-38(64)35(61)32(58)25(18-54)72-42)16-14-50(4)22(23(53)17-48)7-8-28-49(3)11-10-30(75-43-37(63)31(57)24(56)20-70-43)52(6,46(67)68)29(49)9-12-51(28,50)5/h7-8,24-45,54-66H,9-21H2,1-6H3,(H,67,68). The van der Waals surface area contributed by atoms with E-state index in [4.69, 9.17) is 37.9 Å². The first-order valence-electron chi connectivity index (χ1n) is 27.1. The Morgan fingerprint density at radius 1 is 0.623 bits per heavy atom. The summed E-state index contributed by atoms with van der Waals surface area (Å²) in [6.07, 6.45) is -25.1. The number of aliphatic carboxylic acids is 1. The van der Waals surface area contributed by atoms with Gasteiger partial charge in [0.15, 0.2) is 18.9 Å². The van der Waals surface area contributed by atoms with Crippen molar-refractivity contribution in [2.45, 2.75) is 222 Å². The normalized spacial score (nSPS) is 52.6. The number of esters is 1. The summed E-state index contributed by atoms with van der Waals surface area (Å²) in [6.45, 7) is 9.93. The second-order valence-corrected chi connectivity index (χ2v) is 25.3. The quantitative estimate of drug-likeness (QED) is 0.0715. The molecule has 0 radical (unpaired) electrons. The van der Waals surface area contributed by atoms with Gasteiger partial charge in [0.05, 0.1) is 43.4 Å². The summed E-state index contributed by atoms with van der Waals surface area (Å²) >= 11 is 0. The molecule has 0 aromatic rings. The maximum Gasteiger partial charge on any atom is 0.318 e. The molecule has 7 fully saturated rings. The zero-order valence-corrected chi connectivity index (χ0v) is 44.4. The van der Waals surface area contributed by atoms with Gasteiger partial charge in [-0.15, -0.1) is 0 Å². The molecule has 9 rings (SSSR count). The Kier molecular flexibility index (Phi) is 16.5. The van der Waals surface area contributed by atoms with Crippen LogP contribution in [-0.2, 0) is 47.5 Å². The van der Waals surface area contributed by atoms with Gasteiger partial charge >= 0.3 is 11.9 Å². The van der Waals surface area contributed by atoms with Crippen molar-refractivity contribution in [3.8, 4) is 0 Å². The Morgan fingerprint density at radius 2 is 1.22 bits per heavy atom. The molecule has 3 saturated carbocycles. The van der Waals surface area contributed by atoms with Crippen LogP contribution in [0, 0.1) is 44.3 Å². The van der Waals surface area contributed by atoms with Gasteiger partial charge in [0, 0.05) is 0 Å². The van der Waals surface area contributed by atoms with Crippen molar-refractivity contribution < 1.29 is 119 Å². The van der Waals surface area contributed by atoms with Crippen LogP contribution < -0.4 is 0 Å². The third kappa shape index (κ3) is 9.57. The van der Waals surface area contributed by atoms with Crippen LogP contribution in [0.5, 0.6) is 0 Å². The average molecular weight is 1100 g/mol. The predicted octanol–water partition coefficient (Wildman–Crippen LogP) is -2.41. The zero-order chi connectivity index (χ0) is 56.3. The number of carboxylic acid groups (broad SMARTS) is 1. The van der Waals surface area contributed by atoms with Crippen LogP contribution in [0.4, 0.5) is 0 Å². The molecule has 0 aromatic carbocycles. The van der Waals surface area contributed by atoms with Gasteiger partial charge in [-0.3, -0.25) is 9.59 Å². The van der Waals surface area contributed by atoms with Crippen LogP contribution in [0.1, 0.15) is 99.3 Å². The molecule has 0 aromatic heterocycles. The van der Waals surface area contributed by atoms with Crippen molar-refractivity contribution in [2.75, 3.05) is 26.4 Å². The lowest BCUT2D eigenvalue weighted by Crippen LogP contribution is -2.66. The summed E-state index contributed by atoms with van der Waals surface area (Å²) in [5, 5.41) is 149. The van der Waals surface area contributed by atoms with Crippen LogP contribution in [0.25, 0.3) is 0 Å². The summed E-state index contributed by atoms with van der Waals surface area (Å²) in [4.78, 5) is 29.0. The van der Waals surface area contributed by atoms with Gasteiger partial charge < -0.3 is 109 Å².